The predicted octanol–water partition coefficient (Wildman–Crippen LogP) is 0.824. The molecule has 14 heavy (non-hydrogen) atoms. The van der Waals surface area contributed by atoms with Gasteiger partial charge in [0, 0.05) is 18.0 Å². The number of anilines is 1. The lowest BCUT2D eigenvalue weighted by Gasteiger charge is -2.02. The van der Waals surface area contributed by atoms with Crippen LogP contribution in [0.25, 0.3) is 11.3 Å². The number of pyridine rings is 1. The van der Waals surface area contributed by atoms with Crippen LogP contribution in [0.15, 0.2) is 24.5 Å². The summed E-state index contributed by atoms with van der Waals surface area (Å²) < 4.78 is 0. The van der Waals surface area contributed by atoms with Crippen LogP contribution in [-0.2, 0) is 0 Å². The van der Waals surface area contributed by atoms with Crippen molar-refractivity contribution in [3.63, 3.8) is 0 Å². The lowest BCUT2D eigenvalue weighted by Crippen LogP contribution is -2.01. The Morgan fingerprint density at radius 2 is 1.86 bits per heavy atom. The standard InChI is InChI=1S/C9H9N5/c1-6-12-9(10)8(14-13-6)7-2-4-11-5-3-7/h2-5H,1H3,(H2,10,12,13). The molecule has 0 amide bonds. The van der Waals surface area contributed by atoms with Gasteiger partial charge in [-0.25, -0.2) is 4.98 Å². The Bertz CT molecular complexity index is 440. The van der Waals surface area contributed by atoms with Crippen LogP contribution in [0.3, 0.4) is 0 Å². The zero-order valence-electron chi connectivity index (χ0n) is 7.68. The van der Waals surface area contributed by atoms with E-state index in [4.69, 9.17) is 5.73 Å². The van der Waals surface area contributed by atoms with Crippen LogP contribution in [0, 0.1) is 6.92 Å². The fraction of sp³-hybridized carbons (Fsp3) is 0.111. The van der Waals surface area contributed by atoms with Gasteiger partial charge in [-0.2, -0.15) is 0 Å². The fourth-order valence-corrected chi connectivity index (χ4v) is 1.14. The quantitative estimate of drug-likeness (QED) is 0.715. The molecule has 0 atom stereocenters. The third-order valence-electron chi connectivity index (χ3n) is 1.77. The maximum Gasteiger partial charge on any atom is 0.154 e. The first-order chi connectivity index (χ1) is 6.77. The normalized spacial score (nSPS) is 10.1. The van der Waals surface area contributed by atoms with E-state index >= 15 is 0 Å². The zero-order valence-corrected chi connectivity index (χ0v) is 7.68. The van der Waals surface area contributed by atoms with Crippen molar-refractivity contribution in [2.24, 2.45) is 0 Å². The van der Waals surface area contributed by atoms with Crippen molar-refractivity contribution in [1.29, 1.82) is 0 Å². The molecular weight excluding hydrogens is 178 g/mol. The number of hydrogen-bond acceptors (Lipinski definition) is 5. The second-order valence-corrected chi connectivity index (χ2v) is 2.83. The van der Waals surface area contributed by atoms with Gasteiger partial charge in [0.05, 0.1) is 0 Å². The van der Waals surface area contributed by atoms with Crippen LogP contribution in [0.5, 0.6) is 0 Å². The highest BCUT2D eigenvalue weighted by molar-refractivity contribution is 5.68. The topological polar surface area (TPSA) is 77.6 Å². The Balaban J connectivity index is 2.53. The minimum absolute atomic E-state index is 0.392. The summed E-state index contributed by atoms with van der Waals surface area (Å²) in [7, 11) is 0. The van der Waals surface area contributed by atoms with E-state index in [1.807, 2.05) is 12.1 Å². The summed E-state index contributed by atoms with van der Waals surface area (Å²) in [5.74, 6) is 0.962. The first-order valence-electron chi connectivity index (χ1n) is 4.14. The van der Waals surface area contributed by atoms with Crippen LogP contribution in [-0.4, -0.2) is 20.2 Å². The van der Waals surface area contributed by atoms with Gasteiger partial charge in [0.25, 0.3) is 0 Å². The van der Waals surface area contributed by atoms with Gasteiger partial charge in [0.1, 0.15) is 11.5 Å². The highest BCUT2D eigenvalue weighted by Crippen LogP contribution is 2.19. The maximum absolute atomic E-state index is 5.72. The molecule has 2 N–H and O–H groups in total. The monoisotopic (exact) mass is 187 g/mol. The van der Waals surface area contributed by atoms with Crippen molar-refractivity contribution in [1.82, 2.24) is 20.2 Å². The minimum Gasteiger partial charge on any atom is -0.382 e. The average molecular weight is 187 g/mol. The van der Waals surface area contributed by atoms with Gasteiger partial charge in [-0.05, 0) is 19.1 Å². The molecule has 2 rings (SSSR count). The SMILES string of the molecule is Cc1nnc(-c2ccncc2)c(N)n1. The van der Waals surface area contributed by atoms with Crippen molar-refractivity contribution in [2.45, 2.75) is 6.92 Å². The highest BCUT2D eigenvalue weighted by atomic mass is 15.2. The lowest BCUT2D eigenvalue weighted by molar-refractivity contribution is 0.920. The molecule has 0 radical (unpaired) electrons. The largest absolute Gasteiger partial charge is 0.382 e. The third-order valence-corrected chi connectivity index (χ3v) is 1.77. The van der Waals surface area contributed by atoms with Gasteiger partial charge >= 0.3 is 0 Å². The summed E-state index contributed by atoms with van der Waals surface area (Å²) in [5, 5.41) is 7.84. The molecule has 0 spiro atoms. The summed E-state index contributed by atoms with van der Waals surface area (Å²) in [4.78, 5) is 7.94. The molecule has 0 fully saturated rings. The second kappa shape index (κ2) is 3.37. The number of hydrogen-bond donors (Lipinski definition) is 1. The van der Waals surface area contributed by atoms with Crippen molar-refractivity contribution in [2.75, 3.05) is 5.73 Å². The first-order valence-corrected chi connectivity index (χ1v) is 4.14. The van der Waals surface area contributed by atoms with Gasteiger partial charge in [0.2, 0.25) is 0 Å². The van der Waals surface area contributed by atoms with Crippen molar-refractivity contribution < 1.29 is 0 Å². The molecule has 2 aromatic rings. The number of aryl methyl sites for hydroxylation is 1. The maximum atomic E-state index is 5.72. The molecule has 70 valence electrons. The van der Waals surface area contributed by atoms with Crippen molar-refractivity contribution in [3.8, 4) is 11.3 Å². The summed E-state index contributed by atoms with van der Waals surface area (Å²) in [6.45, 7) is 1.75. The van der Waals surface area contributed by atoms with E-state index < -0.39 is 0 Å². The van der Waals surface area contributed by atoms with Gasteiger partial charge < -0.3 is 5.73 Å². The van der Waals surface area contributed by atoms with E-state index in [-0.39, 0.29) is 0 Å². The molecule has 5 heteroatoms. The summed E-state index contributed by atoms with van der Waals surface area (Å²) in [6.07, 6.45) is 3.35. The van der Waals surface area contributed by atoms with Crippen LogP contribution in [0.1, 0.15) is 5.82 Å². The molecular formula is C9H9N5. The van der Waals surface area contributed by atoms with E-state index in [1.165, 1.54) is 0 Å². The first kappa shape index (κ1) is 8.55. The Hall–Kier alpha value is -2.04. The number of nitrogens with zero attached hydrogens (tertiary/aromatic N) is 4. The van der Waals surface area contributed by atoms with E-state index in [1.54, 1.807) is 19.3 Å². The number of nitrogens with two attached hydrogens (primary N) is 1. The molecule has 0 saturated heterocycles. The predicted molar refractivity (Wildman–Crippen MR) is 52.2 cm³/mol. The summed E-state index contributed by atoms with van der Waals surface area (Å²) in [5.41, 5.74) is 7.19. The van der Waals surface area contributed by atoms with Gasteiger partial charge in [-0.3, -0.25) is 4.98 Å². The van der Waals surface area contributed by atoms with E-state index in [0.29, 0.717) is 17.3 Å². The van der Waals surface area contributed by atoms with Gasteiger partial charge in [0.15, 0.2) is 5.82 Å². The van der Waals surface area contributed by atoms with Crippen LogP contribution in [0.4, 0.5) is 5.82 Å². The molecule has 2 aromatic heterocycles. The lowest BCUT2D eigenvalue weighted by atomic mass is 10.2. The van der Waals surface area contributed by atoms with E-state index in [9.17, 15) is 0 Å². The summed E-state index contributed by atoms with van der Waals surface area (Å²) in [6, 6.07) is 3.63. The molecule has 0 aliphatic rings. The Labute approximate surface area is 81.0 Å². The number of aromatic nitrogens is 4. The smallest absolute Gasteiger partial charge is 0.154 e. The molecule has 0 aliphatic carbocycles. The fourth-order valence-electron chi connectivity index (χ4n) is 1.14. The van der Waals surface area contributed by atoms with Crippen molar-refractivity contribution >= 4 is 5.82 Å². The molecule has 0 aliphatic heterocycles. The number of rotatable bonds is 1. The molecule has 0 aromatic carbocycles. The summed E-state index contributed by atoms with van der Waals surface area (Å²) >= 11 is 0. The molecule has 2 heterocycles. The third kappa shape index (κ3) is 1.52. The Morgan fingerprint density at radius 1 is 1.14 bits per heavy atom. The molecule has 0 unspecified atom stereocenters. The van der Waals surface area contributed by atoms with E-state index in [0.717, 1.165) is 5.56 Å². The molecule has 0 bridgehead atoms. The molecule has 5 nitrogen and oxygen atoms in total. The van der Waals surface area contributed by atoms with Crippen LogP contribution < -0.4 is 5.73 Å². The highest BCUT2D eigenvalue weighted by Gasteiger charge is 2.05. The Kier molecular flexibility index (Phi) is 2.06. The zero-order chi connectivity index (χ0) is 9.97. The average Bonchev–Trinajstić information content (AvgIpc) is 2.19. The van der Waals surface area contributed by atoms with Crippen molar-refractivity contribution in [3.05, 3.63) is 30.4 Å². The van der Waals surface area contributed by atoms with Gasteiger partial charge in [-0.1, -0.05) is 0 Å². The van der Waals surface area contributed by atoms with Crippen LogP contribution in [0.2, 0.25) is 0 Å². The van der Waals surface area contributed by atoms with E-state index in [2.05, 4.69) is 20.2 Å². The number of nitrogen functional groups attached to an aromatic ring is 1. The van der Waals surface area contributed by atoms with Gasteiger partial charge in [-0.15, -0.1) is 10.2 Å². The minimum atomic E-state index is 0.392. The molecule has 0 saturated carbocycles. The van der Waals surface area contributed by atoms with Crippen LogP contribution >= 0.6 is 0 Å². The Morgan fingerprint density at radius 3 is 2.50 bits per heavy atom. The second-order valence-electron chi connectivity index (χ2n) is 2.83.